The minimum Gasteiger partial charge on any atom is -0.494 e. The summed E-state index contributed by atoms with van der Waals surface area (Å²) in [6.07, 6.45) is 3.32. The van der Waals surface area contributed by atoms with E-state index in [0.29, 0.717) is 29.4 Å². The summed E-state index contributed by atoms with van der Waals surface area (Å²) in [4.78, 5) is 32.2. The average molecular weight is 442 g/mol. The zero-order valence-corrected chi connectivity index (χ0v) is 19.0. The van der Waals surface area contributed by atoms with Gasteiger partial charge in [0.15, 0.2) is 0 Å². The third-order valence-electron chi connectivity index (χ3n) is 5.53. The Morgan fingerprint density at radius 3 is 2.30 bits per heavy atom. The van der Waals surface area contributed by atoms with Gasteiger partial charge < -0.3 is 10.1 Å². The van der Waals surface area contributed by atoms with E-state index in [0.717, 1.165) is 11.3 Å². The molecule has 2 heterocycles. The van der Waals surface area contributed by atoms with E-state index in [1.165, 1.54) is 10.5 Å². The van der Waals surface area contributed by atoms with Crippen molar-refractivity contribution >= 4 is 23.1 Å². The van der Waals surface area contributed by atoms with E-state index in [1.54, 1.807) is 18.5 Å². The number of hydrogen-bond acceptors (Lipinski definition) is 5. The molecule has 0 radical (unpaired) electrons. The van der Waals surface area contributed by atoms with Gasteiger partial charge in [-0.15, -0.1) is 0 Å². The molecule has 33 heavy (non-hydrogen) atoms. The van der Waals surface area contributed by atoms with Gasteiger partial charge in [-0.25, -0.2) is 0 Å². The number of nitrogens with zero attached hydrogens (tertiary/aromatic N) is 2. The van der Waals surface area contributed by atoms with E-state index in [4.69, 9.17) is 4.74 Å². The molecule has 0 saturated carbocycles. The maximum Gasteiger partial charge on any atom is 0.278 e. The van der Waals surface area contributed by atoms with Gasteiger partial charge >= 0.3 is 0 Å². The number of amides is 2. The Bertz CT molecular complexity index is 1170. The number of pyridine rings is 1. The van der Waals surface area contributed by atoms with Crippen LogP contribution in [0.2, 0.25) is 0 Å². The number of anilines is 1. The van der Waals surface area contributed by atoms with Crippen LogP contribution in [-0.2, 0) is 16.1 Å². The third-order valence-corrected chi connectivity index (χ3v) is 5.53. The van der Waals surface area contributed by atoms with Crippen molar-refractivity contribution < 1.29 is 14.3 Å². The van der Waals surface area contributed by atoms with Crippen LogP contribution in [0, 0.1) is 0 Å². The fourth-order valence-corrected chi connectivity index (χ4v) is 3.76. The highest BCUT2D eigenvalue weighted by atomic mass is 16.5. The van der Waals surface area contributed by atoms with Crippen molar-refractivity contribution in [2.24, 2.45) is 0 Å². The van der Waals surface area contributed by atoms with E-state index in [2.05, 4.69) is 24.1 Å². The Labute approximate surface area is 193 Å². The van der Waals surface area contributed by atoms with Gasteiger partial charge in [-0.3, -0.25) is 19.5 Å². The van der Waals surface area contributed by atoms with Crippen LogP contribution in [0.15, 0.2) is 78.8 Å². The minimum atomic E-state index is -0.360. The number of hydrogen-bond donors (Lipinski definition) is 1. The van der Waals surface area contributed by atoms with Gasteiger partial charge in [-0.2, -0.15) is 0 Å². The molecule has 0 unspecified atom stereocenters. The molecule has 2 amide bonds. The van der Waals surface area contributed by atoms with Crippen molar-refractivity contribution in [1.82, 2.24) is 9.88 Å². The predicted molar refractivity (Wildman–Crippen MR) is 128 cm³/mol. The maximum atomic E-state index is 13.4. The number of imide groups is 1. The van der Waals surface area contributed by atoms with Gasteiger partial charge in [0.25, 0.3) is 11.8 Å². The normalized spacial score (nSPS) is 13.8. The Morgan fingerprint density at radius 1 is 0.970 bits per heavy atom. The summed E-state index contributed by atoms with van der Waals surface area (Å²) in [6, 6.07) is 18.8. The summed E-state index contributed by atoms with van der Waals surface area (Å²) in [5.74, 6) is 0.418. The van der Waals surface area contributed by atoms with Gasteiger partial charge in [-0.05, 0) is 59.9 Å². The molecule has 0 fully saturated rings. The van der Waals surface area contributed by atoms with Crippen molar-refractivity contribution in [3.8, 4) is 5.75 Å². The molecule has 1 aliphatic heterocycles. The van der Waals surface area contributed by atoms with Crippen LogP contribution in [0.3, 0.4) is 0 Å². The molecule has 4 rings (SSSR count). The second kappa shape index (κ2) is 9.69. The van der Waals surface area contributed by atoms with Crippen LogP contribution in [0.25, 0.3) is 5.57 Å². The molecule has 2 aromatic carbocycles. The summed E-state index contributed by atoms with van der Waals surface area (Å²) in [5, 5.41) is 3.21. The number of carbonyl (C=O) groups excluding carboxylic acids is 2. The van der Waals surface area contributed by atoms with Gasteiger partial charge in [0.1, 0.15) is 11.4 Å². The first kappa shape index (κ1) is 22.3. The molecule has 3 aromatic rings. The van der Waals surface area contributed by atoms with Crippen LogP contribution < -0.4 is 10.1 Å². The van der Waals surface area contributed by atoms with E-state index in [-0.39, 0.29) is 24.1 Å². The number of carbonyl (C=O) groups is 2. The first-order valence-corrected chi connectivity index (χ1v) is 11.1. The van der Waals surface area contributed by atoms with E-state index >= 15 is 0 Å². The molecular formula is C27H27N3O3. The molecule has 1 N–H and O–H groups in total. The Kier molecular flexibility index (Phi) is 6.54. The van der Waals surface area contributed by atoms with Gasteiger partial charge in [-0.1, -0.05) is 44.2 Å². The summed E-state index contributed by atoms with van der Waals surface area (Å²) < 4.78 is 5.52. The molecule has 1 aromatic heterocycles. The monoisotopic (exact) mass is 441 g/mol. The Morgan fingerprint density at radius 2 is 1.70 bits per heavy atom. The van der Waals surface area contributed by atoms with E-state index in [1.807, 2.05) is 61.5 Å². The number of benzene rings is 2. The number of nitrogens with one attached hydrogen (secondary N) is 1. The minimum absolute atomic E-state index is 0.156. The zero-order chi connectivity index (χ0) is 23.4. The van der Waals surface area contributed by atoms with Crippen LogP contribution in [-0.4, -0.2) is 28.3 Å². The predicted octanol–water partition coefficient (Wildman–Crippen LogP) is 5.00. The average Bonchev–Trinajstić information content (AvgIpc) is 3.05. The lowest BCUT2D eigenvalue weighted by Gasteiger charge is -2.15. The molecule has 6 nitrogen and oxygen atoms in total. The SMILES string of the molecule is CCOc1ccc(C2=C(Nc3ccc(C(C)C)cc3)C(=O)N(Cc3cccnc3)C2=O)cc1. The number of ether oxygens (including phenoxy) is 1. The number of aromatic nitrogens is 1. The molecule has 1 aliphatic rings. The number of rotatable bonds is 8. The topological polar surface area (TPSA) is 71.5 Å². The molecule has 0 spiro atoms. The summed E-state index contributed by atoms with van der Waals surface area (Å²) in [7, 11) is 0. The fraction of sp³-hybridized carbons (Fsp3) is 0.222. The molecule has 0 saturated heterocycles. The first-order chi connectivity index (χ1) is 16.0. The highest BCUT2D eigenvalue weighted by Crippen LogP contribution is 2.32. The highest BCUT2D eigenvalue weighted by molar-refractivity contribution is 6.36. The van der Waals surface area contributed by atoms with E-state index in [9.17, 15) is 9.59 Å². The first-order valence-electron chi connectivity index (χ1n) is 11.1. The highest BCUT2D eigenvalue weighted by Gasteiger charge is 2.39. The molecular weight excluding hydrogens is 414 g/mol. The molecule has 168 valence electrons. The lowest BCUT2D eigenvalue weighted by molar-refractivity contribution is -0.137. The van der Waals surface area contributed by atoms with Crippen molar-refractivity contribution in [1.29, 1.82) is 0 Å². The van der Waals surface area contributed by atoms with Gasteiger partial charge in [0.2, 0.25) is 0 Å². The quantitative estimate of drug-likeness (QED) is 0.498. The largest absolute Gasteiger partial charge is 0.494 e. The van der Waals surface area contributed by atoms with Crippen molar-refractivity contribution in [2.45, 2.75) is 33.2 Å². The Hall–Kier alpha value is -3.93. The maximum absolute atomic E-state index is 13.4. The molecule has 6 heteroatoms. The second-order valence-corrected chi connectivity index (χ2v) is 8.17. The Balaban J connectivity index is 1.70. The van der Waals surface area contributed by atoms with Gasteiger partial charge in [0.05, 0.1) is 18.7 Å². The van der Waals surface area contributed by atoms with Crippen LogP contribution in [0.4, 0.5) is 5.69 Å². The fourth-order valence-electron chi connectivity index (χ4n) is 3.76. The lowest BCUT2D eigenvalue weighted by atomic mass is 10.0. The summed E-state index contributed by atoms with van der Waals surface area (Å²) in [5.41, 5.74) is 4.01. The summed E-state index contributed by atoms with van der Waals surface area (Å²) >= 11 is 0. The van der Waals surface area contributed by atoms with Crippen molar-refractivity contribution in [2.75, 3.05) is 11.9 Å². The smallest absolute Gasteiger partial charge is 0.278 e. The lowest BCUT2D eigenvalue weighted by Crippen LogP contribution is -2.32. The van der Waals surface area contributed by atoms with Crippen LogP contribution in [0.5, 0.6) is 5.75 Å². The van der Waals surface area contributed by atoms with Crippen LogP contribution in [0.1, 0.15) is 43.4 Å². The molecule has 0 bridgehead atoms. The second-order valence-electron chi connectivity index (χ2n) is 8.17. The zero-order valence-electron chi connectivity index (χ0n) is 19.0. The third kappa shape index (κ3) is 4.80. The van der Waals surface area contributed by atoms with Crippen molar-refractivity contribution in [3.05, 3.63) is 95.4 Å². The van der Waals surface area contributed by atoms with E-state index < -0.39 is 0 Å². The van der Waals surface area contributed by atoms with Crippen LogP contribution >= 0.6 is 0 Å². The van der Waals surface area contributed by atoms with Crippen molar-refractivity contribution in [3.63, 3.8) is 0 Å². The molecule has 0 atom stereocenters. The van der Waals surface area contributed by atoms with Gasteiger partial charge in [0, 0.05) is 18.1 Å². The summed E-state index contributed by atoms with van der Waals surface area (Å²) in [6.45, 7) is 6.88. The molecule has 0 aliphatic carbocycles. The standard InChI is InChI=1S/C27H27N3O3/c1-4-33-23-13-9-21(10-14-23)24-25(29-22-11-7-20(8-12-22)18(2)3)27(32)30(26(24)31)17-19-6-5-15-28-16-19/h5-16,18,29H,4,17H2,1-3H3.